The minimum atomic E-state index is -3.13. The molecule has 0 radical (unpaired) electrons. The molecule has 2 N–H and O–H groups in total. The summed E-state index contributed by atoms with van der Waals surface area (Å²) in [4.78, 5) is 6.50. The van der Waals surface area contributed by atoms with Gasteiger partial charge in [-0.2, -0.15) is 0 Å². The SMILES string of the molecule is CCNC(=NCCCNS(C)(=O)=O)N(C)CCOc1ccccc1.I. The average molecular weight is 484 g/mol. The Labute approximate surface area is 168 Å². The summed E-state index contributed by atoms with van der Waals surface area (Å²) in [6.45, 7) is 4.97. The van der Waals surface area contributed by atoms with E-state index in [-0.39, 0.29) is 24.0 Å². The van der Waals surface area contributed by atoms with E-state index < -0.39 is 10.0 Å². The van der Waals surface area contributed by atoms with Crippen LogP contribution in [0.5, 0.6) is 5.75 Å². The van der Waals surface area contributed by atoms with E-state index in [1.54, 1.807) is 0 Å². The minimum Gasteiger partial charge on any atom is -0.492 e. The van der Waals surface area contributed by atoms with Crippen molar-refractivity contribution < 1.29 is 13.2 Å². The maximum absolute atomic E-state index is 11.0. The van der Waals surface area contributed by atoms with E-state index in [4.69, 9.17) is 4.74 Å². The molecule has 0 unspecified atom stereocenters. The predicted molar refractivity (Wildman–Crippen MR) is 113 cm³/mol. The lowest BCUT2D eigenvalue weighted by atomic mass is 10.3. The number of nitrogens with one attached hydrogen (secondary N) is 2. The first-order valence-corrected chi connectivity index (χ1v) is 9.93. The van der Waals surface area contributed by atoms with E-state index in [2.05, 4.69) is 15.0 Å². The van der Waals surface area contributed by atoms with E-state index in [1.807, 2.05) is 49.2 Å². The van der Waals surface area contributed by atoms with Crippen molar-refractivity contribution in [1.82, 2.24) is 14.9 Å². The van der Waals surface area contributed by atoms with Crippen LogP contribution in [0.25, 0.3) is 0 Å². The summed E-state index contributed by atoms with van der Waals surface area (Å²) >= 11 is 0. The summed E-state index contributed by atoms with van der Waals surface area (Å²) in [5, 5.41) is 3.22. The first-order valence-electron chi connectivity index (χ1n) is 8.04. The van der Waals surface area contributed by atoms with Crippen LogP contribution in [0.15, 0.2) is 35.3 Å². The van der Waals surface area contributed by atoms with Crippen molar-refractivity contribution in [3.8, 4) is 5.75 Å². The molecule has 9 heteroatoms. The molecule has 0 aromatic heterocycles. The molecule has 0 atom stereocenters. The van der Waals surface area contributed by atoms with Crippen LogP contribution >= 0.6 is 24.0 Å². The number of hydrogen-bond donors (Lipinski definition) is 2. The molecule has 0 aliphatic carbocycles. The molecule has 0 amide bonds. The van der Waals surface area contributed by atoms with Gasteiger partial charge in [-0.05, 0) is 25.5 Å². The number of aliphatic imine (C=N–C) groups is 1. The maximum Gasteiger partial charge on any atom is 0.208 e. The standard InChI is InChI=1S/C16H28N4O3S.HI/c1-4-17-16(18-11-8-12-19-24(3,21)22)20(2)13-14-23-15-9-6-5-7-10-15;/h5-7,9-10,19H,4,8,11-14H2,1-3H3,(H,17,18);1H. The summed E-state index contributed by atoms with van der Waals surface area (Å²) in [6, 6.07) is 9.68. The van der Waals surface area contributed by atoms with Gasteiger partial charge < -0.3 is 15.0 Å². The minimum absolute atomic E-state index is 0. The van der Waals surface area contributed by atoms with Gasteiger partial charge in [0.05, 0.1) is 12.8 Å². The summed E-state index contributed by atoms with van der Waals surface area (Å²) in [5.41, 5.74) is 0. The van der Waals surface area contributed by atoms with Gasteiger partial charge in [0.25, 0.3) is 0 Å². The molecular formula is C16H29IN4O3S. The topological polar surface area (TPSA) is 83.0 Å². The van der Waals surface area contributed by atoms with Gasteiger partial charge in [-0.25, -0.2) is 13.1 Å². The molecule has 0 heterocycles. The maximum atomic E-state index is 11.0. The lowest BCUT2D eigenvalue weighted by Crippen LogP contribution is -2.41. The Bertz CT molecular complexity index is 597. The van der Waals surface area contributed by atoms with Crippen LogP contribution < -0.4 is 14.8 Å². The second-order valence-corrected chi connectivity index (χ2v) is 7.17. The number of hydrogen-bond acceptors (Lipinski definition) is 4. The number of ether oxygens (including phenoxy) is 1. The van der Waals surface area contributed by atoms with Crippen molar-refractivity contribution in [2.75, 3.05) is 46.1 Å². The van der Waals surface area contributed by atoms with Crippen LogP contribution in [0, 0.1) is 0 Å². The number of para-hydroxylation sites is 1. The number of benzene rings is 1. The normalized spacial score (nSPS) is 11.6. The number of sulfonamides is 1. The van der Waals surface area contributed by atoms with Crippen molar-refractivity contribution in [1.29, 1.82) is 0 Å². The van der Waals surface area contributed by atoms with Gasteiger partial charge >= 0.3 is 0 Å². The molecular weight excluding hydrogens is 455 g/mol. The fourth-order valence-corrected chi connectivity index (χ4v) is 2.43. The molecule has 7 nitrogen and oxygen atoms in total. The third-order valence-electron chi connectivity index (χ3n) is 3.10. The van der Waals surface area contributed by atoms with Crippen molar-refractivity contribution in [2.24, 2.45) is 4.99 Å². The molecule has 0 fully saturated rings. The largest absolute Gasteiger partial charge is 0.492 e. The van der Waals surface area contributed by atoms with Crippen LogP contribution in [-0.2, 0) is 10.0 Å². The van der Waals surface area contributed by atoms with E-state index in [0.29, 0.717) is 32.7 Å². The zero-order valence-corrected chi connectivity index (χ0v) is 18.2. The quantitative estimate of drug-likeness (QED) is 0.228. The third-order valence-corrected chi connectivity index (χ3v) is 3.82. The molecule has 0 bridgehead atoms. The van der Waals surface area contributed by atoms with Crippen molar-refractivity contribution >= 4 is 40.0 Å². The van der Waals surface area contributed by atoms with Crippen LogP contribution in [0.2, 0.25) is 0 Å². The first kappa shape index (κ1) is 23.9. The number of likely N-dealkylation sites (N-methyl/N-ethyl adjacent to an activating group) is 1. The van der Waals surface area contributed by atoms with Gasteiger partial charge in [-0.1, -0.05) is 18.2 Å². The lowest BCUT2D eigenvalue weighted by molar-refractivity contribution is 0.281. The van der Waals surface area contributed by atoms with Crippen LogP contribution in [0.3, 0.4) is 0 Å². The lowest BCUT2D eigenvalue weighted by Gasteiger charge is -2.22. The summed E-state index contributed by atoms with van der Waals surface area (Å²) < 4.78 is 30.1. The summed E-state index contributed by atoms with van der Waals surface area (Å²) in [6.07, 6.45) is 1.80. The fourth-order valence-electron chi connectivity index (χ4n) is 1.91. The van der Waals surface area contributed by atoms with Crippen molar-refractivity contribution in [2.45, 2.75) is 13.3 Å². The Balaban J connectivity index is 0.00000576. The van der Waals surface area contributed by atoms with Gasteiger partial charge in [0.2, 0.25) is 10.0 Å². The molecule has 0 saturated carbocycles. The third kappa shape index (κ3) is 12.0. The van der Waals surface area contributed by atoms with Gasteiger partial charge in [-0.3, -0.25) is 4.99 Å². The average Bonchev–Trinajstić information content (AvgIpc) is 2.53. The second-order valence-electron chi connectivity index (χ2n) is 5.34. The smallest absolute Gasteiger partial charge is 0.208 e. The molecule has 1 aromatic rings. The molecule has 0 aliphatic rings. The highest BCUT2D eigenvalue weighted by Crippen LogP contribution is 2.07. The molecule has 144 valence electrons. The monoisotopic (exact) mass is 484 g/mol. The molecule has 0 saturated heterocycles. The van der Waals surface area contributed by atoms with E-state index in [1.165, 1.54) is 0 Å². The Morgan fingerprint density at radius 1 is 1.28 bits per heavy atom. The van der Waals surface area contributed by atoms with Gasteiger partial charge in [0.1, 0.15) is 12.4 Å². The van der Waals surface area contributed by atoms with E-state index >= 15 is 0 Å². The van der Waals surface area contributed by atoms with Crippen molar-refractivity contribution in [3.63, 3.8) is 0 Å². The summed E-state index contributed by atoms with van der Waals surface area (Å²) in [5.74, 6) is 1.63. The van der Waals surface area contributed by atoms with Crippen LogP contribution in [-0.4, -0.2) is 65.4 Å². The highest BCUT2D eigenvalue weighted by Gasteiger charge is 2.05. The Morgan fingerprint density at radius 3 is 2.56 bits per heavy atom. The van der Waals surface area contributed by atoms with E-state index in [0.717, 1.165) is 24.5 Å². The number of nitrogens with zero attached hydrogens (tertiary/aromatic N) is 2. The second kappa shape index (κ2) is 13.2. The highest BCUT2D eigenvalue weighted by atomic mass is 127. The zero-order chi connectivity index (χ0) is 17.8. The van der Waals surface area contributed by atoms with E-state index in [9.17, 15) is 8.42 Å². The highest BCUT2D eigenvalue weighted by molar-refractivity contribution is 14.0. The molecule has 25 heavy (non-hydrogen) atoms. The van der Waals surface area contributed by atoms with Gasteiger partial charge in [0.15, 0.2) is 5.96 Å². The molecule has 1 rings (SSSR count). The van der Waals surface area contributed by atoms with Crippen LogP contribution in [0.1, 0.15) is 13.3 Å². The number of guanidine groups is 1. The Hall–Kier alpha value is -1.07. The first-order chi connectivity index (χ1) is 11.4. The Kier molecular flexibility index (Phi) is 12.6. The molecule has 0 spiro atoms. The molecule has 0 aliphatic heterocycles. The van der Waals surface area contributed by atoms with Crippen LogP contribution in [0.4, 0.5) is 0 Å². The fraction of sp³-hybridized carbons (Fsp3) is 0.562. The zero-order valence-electron chi connectivity index (χ0n) is 15.1. The number of halogens is 1. The van der Waals surface area contributed by atoms with Crippen molar-refractivity contribution in [3.05, 3.63) is 30.3 Å². The Morgan fingerprint density at radius 2 is 1.96 bits per heavy atom. The van der Waals surface area contributed by atoms with Gasteiger partial charge in [-0.15, -0.1) is 24.0 Å². The van der Waals surface area contributed by atoms with Gasteiger partial charge in [0, 0.05) is 26.7 Å². The molecule has 1 aromatic carbocycles. The summed E-state index contributed by atoms with van der Waals surface area (Å²) in [7, 11) is -1.18. The predicted octanol–water partition coefficient (Wildman–Crippen LogP) is 1.52. The number of rotatable bonds is 10.